The molecule has 36 heteroatoms. The Morgan fingerprint density at radius 1 is 0.724 bits per heavy atom. The zero-order valence-corrected chi connectivity index (χ0v) is 79.8. The van der Waals surface area contributed by atoms with Gasteiger partial charge < -0.3 is 93.8 Å². The van der Waals surface area contributed by atoms with Crippen LogP contribution >= 0.6 is 12.2 Å². The first kappa shape index (κ1) is 99.3. The normalized spacial score (nSPS) is 28.2. The minimum absolute atomic E-state index is 0.0100. The molecule has 35 nitrogen and oxygen atoms in total. The van der Waals surface area contributed by atoms with E-state index in [9.17, 15) is 34.2 Å². The maximum absolute atomic E-state index is 15.0. The van der Waals surface area contributed by atoms with Gasteiger partial charge in [0.05, 0.1) is 61.5 Å². The number of nitrogens with one attached hydrogen (secondary N) is 1. The Kier molecular flexibility index (Phi) is 33.9. The lowest BCUT2D eigenvalue weighted by atomic mass is 9.78. The van der Waals surface area contributed by atoms with Crippen molar-refractivity contribution < 1.29 is 81.3 Å². The summed E-state index contributed by atoms with van der Waals surface area (Å²) < 4.78 is 56.7. The van der Waals surface area contributed by atoms with Crippen molar-refractivity contribution in [2.24, 2.45) is 35.5 Å². The van der Waals surface area contributed by atoms with Crippen molar-refractivity contribution >= 4 is 98.5 Å². The third kappa shape index (κ3) is 24.2. The molecule has 5 aromatic heterocycles. The van der Waals surface area contributed by atoms with Gasteiger partial charge in [0.2, 0.25) is 23.6 Å². The van der Waals surface area contributed by atoms with Gasteiger partial charge in [0.1, 0.15) is 53.8 Å². The number of rotatable bonds is 22. The van der Waals surface area contributed by atoms with E-state index >= 15 is 4.79 Å². The number of hydrogen-bond donors (Lipinski definition) is 5. The molecule has 7 N–H and O–H groups in total. The molecular weight excluding hydrogens is 1730 g/mol. The third-order valence-corrected chi connectivity index (χ3v) is 28.1. The van der Waals surface area contributed by atoms with E-state index in [1.54, 1.807) is 66.0 Å². The van der Waals surface area contributed by atoms with Crippen molar-refractivity contribution in [1.82, 2.24) is 69.6 Å². The fourth-order valence-corrected chi connectivity index (χ4v) is 20.0. The Balaban J connectivity index is 0.502. The molecule has 0 radical (unpaired) electrons. The topological polar surface area (TPSA) is 421 Å². The van der Waals surface area contributed by atoms with Crippen molar-refractivity contribution in [3.8, 4) is 11.3 Å². The Bertz CT molecular complexity index is 5370. The average Bonchev–Trinajstić information content (AvgIpc) is 1.55. The summed E-state index contributed by atoms with van der Waals surface area (Å²) in [5.74, 6) is -5.84. The van der Waals surface area contributed by atoms with Crippen LogP contribution in [0.3, 0.4) is 0 Å². The van der Waals surface area contributed by atoms with E-state index in [-0.39, 0.29) is 90.5 Å². The van der Waals surface area contributed by atoms with Gasteiger partial charge in [0.25, 0.3) is 28.8 Å². The number of esters is 1. The SMILES string of the molecule is CO[C@H]1C[C@@H]2CC[C@@H](C)[C@@](O)(O2)C(=O)C(=O)N2CCCC[C@H]2C(=O)O[C@H]([C@H](C)C[C@@H]2CC[C@@H](OC(=S)NCc3cnc(N4CCN(C(=O)CCOCCN5CCN(c6ncc(C(=O)N7CCc8cc(Cn9nc(-c%10ccc%11oc(N)nc%11c%10)c%10c(N)ncnc%109)ccc8C7)cn6)CC5)CC4)nc3)[C@H](OC)C2)C[C@@H](OC)[C@H](C)/C=C(\C)[C@@H](O)[C@@H](OC)C(=O)[C@H](C)C[C@H](C)/C=C/C=C/C=C/1C. The van der Waals surface area contributed by atoms with Gasteiger partial charge in [0.15, 0.2) is 17.0 Å². The van der Waals surface area contributed by atoms with Crippen molar-refractivity contribution in [3.63, 3.8) is 0 Å². The number of nitrogens with zero attached hydrogens (tertiary/aromatic N) is 15. The number of amides is 3. The smallest absolute Gasteiger partial charge is 0.329 e. The molecule has 2 bridgehead atoms. The molecule has 7 aliphatic rings. The Hall–Kier alpha value is -10.7. The van der Waals surface area contributed by atoms with Crippen molar-refractivity contribution in [1.29, 1.82) is 0 Å². The van der Waals surface area contributed by atoms with E-state index < -0.39 is 77.9 Å². The molecule has 4 saturated heterocycles. The van der Waals surface area contributed by atoms with E-state index in [2.05, 4.69) is 63.1 Å². The first-order chi connectivity index (χ1) is 64.6. The molecule has 0 unspecified atom stereocenters. The van der Waals surface area contributed by atoms with E-state index in [0.29, 0.717) is 200 Å². The van der Waals surface area contributed by atoms with Gasteiger partial charge in [-0.15, -0.1) is 0 Å². The number of anilines is 4. The van der Waals surface area contributed by atoms with Crippen molar-refractivity contribution in [2.75, 3.05) is 135 Å². The Morgan fingerprint density at radius 3 is 2.19 bits per heavy atom. The van der Waals surface area contributed by atoms with Crippen LogP contribution in [0.25, 0.3) is 33.4 Å². The third-order valence-electron chi connectivity index (χ3n) is 27.9. The first-order valence-corrected chi connectivity index (χ1v) is 47.7. The molecule has 722 valence electrons. The fraction of sp³-hybridized carbons (Fsp3) is 0.582. The molecule has 6 aliphatic heterocycles. The molecule has 0 spiro atoms. The largest absolute Gasteiger partial charge is 0.465 e. The van der Waals surface area contributed by atoms with Crippen LogP contribution in [0.15, 0.2) is 120 Å². The molecule has 3 amide bonds. The summed E-state index contributed by atoms with van der Waals surface area (Å²) in [7, 11) is 6.25. The summed E-state index contributed by atoms with van der Waals surface area (Å²) in [5.41, 5.74) is 21.3. The highest BCUT2D eigenvalue weighted by Crippen LogP contribution is 2.41. The number of benzene rings is 2. The molecule has 5 fully saturated rings. The quantitative estimate of drug-likeness (QED) is 0.0138. The predicted octanol–water partition coefficient (Wildman–Crippen LogP) is 9.54. The van der Waals surface area contributed by atoms with Gasteiger partial charge in [0, 0.05) is 180 Å². The molecule has 1 aliphatic carbocycles. The van der Waals surface area contributed by atoms with Gasteiger partial charge >= 0.3 is 5.97 Å². The number of hydrogen-bond acceptors (Lipinski definition) is 31. The molecule has 14 rings (SSSR count). The molecule has 7 aromatic rings. The second-order valence-corrected chi connectivity index (χ2v) is 37.6. The van der Waals surface area contributed by atoms with E-state index in [4.69, 9.17) is 81.1 Å². The summed E-state index contributed by atoms with van der Waals surface area (Å²) in [6.07, 6.45) is 21.0. The summed E-state index contributed by atoms with van der Waals surface area (Å²) in [4.78, 5) is 129. The number of piperazine rings is 2. The second-order valence-electron chi connectivity index (χ2n) is 37.2. The molecule has 1 saturated carbocycles. The van der Waals surface area contributed by atoms with Gasteiger partial charge in [-0.05, 0) is 160 Å². The lowest BCUT2D eigenvalue weighted by Gasteiger charge is -2.43. The van der Waals surface area contributed by atoms with Crippen molar-refractivity contribution in [3.05, 3.63) is 143 Å². The maximum Gasteiger partial charge on any atom is 0.329 e. The minimum atomic E-state index is -2.45. The zero-order chi connectivity index (χ0) is 95.0. The van der Waals surface area contributed by atoms with Crippen LogP contribution in [0, 0.1) is 35.5 Å². The van der Waals surface area contributed by atoms with E-state index in [1.807, 2.05) is 97.7 Å². The predicted molar refractivity (Wildman–Crippen MR) is 507 cm³/mol. The van der Waals surface area contributed by atoms with Crippen molar-refractivity contribution in [2.45, 2.75) is 219 Å². The number of aromatic nitrogens is 9. The summed E-state index contributed by atoms with van der Waals surface area (Å²) in [5, 5.41) is 33.1. The number of oxazole rings is 1. The lowest BCUT2D eigenvalue weighted by molar-refractivity contribution is -0.265. The number of aliphatic hydroxyl groups is 2. The van der Waals surface area contributed by atoms with Gasteiger partial charge in [-0.25, -0.2) is 39.4 Å². The number of thiocarbonyl (C=S) groups is 1. The number of methoxy groups -OCH3 is 4. The number of nitrogen functional groups attached to an aromatic ring is 2. The van der Waals surface area contributed by atoms with Gasteiger partial charge in [-0.1, -0.05) is 89.3 Å². The number of piperidine rings is 1. The number of nitrogens with two attached hydrogens (primary N) is 2. The standard InChI is InChI=1S/C98H132N18O17S/c1-59-17-13-12-14-18-60(2)78(125-8)49-73-25-20-65(7)98(124,133-73)88(120)92(122)115-30-16-15-19-75(115)93(123)130-80(50-79(126-9)61(3)44-64(6)86(119)87(128-11)85(118)63(5)43-59)62(4)45-66-22-26-77(81(47-66)127-10)132-97(134)105-53-68-51-101-95(102-52-68)113-38-36-111(37-39-113)82(117)29-41-129-42-40-110-32-34-112(35-33-110)96-103-54-72(55-104-96)91(121)114-31-28-69-46-67(21-23-71(69)57-114)56-116-90-83(89(99)106-58-107-90)84(109-116)70-24-27-76-74(48-70)108-94(100)131-76/h12-14,17-18,21,23-24,27,44,46,48,51-52,54-55,58-59,61-63,65-66,73,75,77-81,86-87,119,124H,15-16,19-20,22,25-26,28-43,45,47,49-50,53,56-57H2,1-11H3,(H2,100,108)(H,105,134)(H2,99,106,107)/b14-12+,17-13+,60-18+,64-44+/t59-,61-,62-,63-,65-,66+,73+,75+,77-,78+,79-,80+,81-,86-,87+,98-/m1/s1. The van der Waals surface area contributed by atoms with E-state index in [1.165, 1.54) is 23.9 Å². The zero-order valence-electron chi connectivity index (χ0n) is 79.0. The van der Waals surface area contributed by atoms with Crippen LogP contribution < -0.4 is 26.6 Å². The first-order valence-electron chi connectivity index (χ1n) is 47.2. The Labute approximate surface area is 788 Å². The maximum atomic E-state index is 15.0. The number of ketones is 2. The monoisotopic (exact) mass is 1860 g/mol. The highest BCUT2D eigenvalue weighted by molar-refractivity contribution is 7.80. The van der Waals surface area contributed by atoms with Crippen LogP contribution in [0.1, 0.15) is 165 Å². The number of aliphatic hydroxyl groups excluding tert-OH is 1. The highest BCUT2D eigenvalue weighted by atomic mass is 32.1. The molecule has 16 atom stereocenters. The van der Waals surface area contributed by atoms with E-state index in [0.717, 1.165) is 53.9 Å². The van der Waals surface area contributed by atoms with Crippen LogP contribution in [0.2, 0.25) is 0 Å². The molecule has 11 heterocycles. The summed E-state index contributed by atoms with van der Waals surface area (Å²) >= 11 is 5.78. The highest BCUT2D eigenvalue weighted by Gasteiger charge is 2.54. The molecule has 2 aromatic carbocycles. The lowest BCUT2D eigenvalue weighted by Crippen LogP contribution is -2.61. The summed E-state index contributed by atoms with van der Waals surface area (Å²) in [6.45, 7) is 21.8. The molecule has 134 heavy (non-hydrogen) atoms. The average molecular weight is 1870 g/mol. The molecular formula is C98H132N18O17S. The number of cyclic esters (lactones) is 1. The van der Waals surface area contributed by atoms with Crippen LogP contribution in [0.4, 0.5) is 23.7 Å². The number of carbonyl (C=O) groups is 6. The Morgan fingerprint density at radius 2 is 1.46 bits per heavy atom. The van der Waals surface area contributed by atoms with Gasteiger partial charge in [-0.2, -0.15) is 10.1 Å². The van der Waals surface area contributed by atoms with Crippen LogP contribution in [0.5, 0.6) is 0 Å². The summed E-state index contributed by atoms with van der Waals surface area (Å²) in [6, 6.07) is 10.8. The number of carbonyl (C=O) groups excluding carboxylic acids is 6. The van der Waals surface area contributed by atoms with Crippen LogP contribution in [-0.4, -0.2) is 289 Å². The number of fused-ring (bicyclic) bond motifs is 6. The van der Waals surface area contributed by atoms with Gasteiger partial charge in [-0.3, -0.25) is 28.9 Å². The number of Topliss-reactive ketones (excluding diaryl/α,β-unsaturated/α-hetero) is 2. The van der Waals surface area contributed by atoms with Crippen LogP contribution in [-0.2, 0) is 87.9 Å². The number of allylic oxidation sites excluding steroid dienone is 5. The number of ether oxygens (including phenoxy) is 8. The fourth-order valence-electron chi connectivity index (χ4n) is 19.8. The second kappa shape index (κ2) is 45.8. The minimum Gasteiger partial charge on any atom is -0.465 e.